The fraction of sp³-hybridized carbons (Fsp3) is 0.0833. The zero-order chi connectivity index (χ0) is 11.8. The second-order valence-corrected chi connectivity index (χ2v) is 3.87. The van der Waals surface area contributed by atoms with E-state index >= 15 is 0 Å². The Hall–Kier alpha value is -2.43. The van der Waals surface area contributed by atoms with E-state index in [0.717, 1.165) is 22.6 Å². The van der Waals surface area contributed by atoms with Gasteiger partial charge in [0.25, 0.3) is 0 Å². The highest BCUT2D eigenvalue weighted by atomic mass is 15.2. The van der Waals surface area contributed by atoms with Crippen LogP contribution < -0.4 is 5.73 Å². The molecule has 0 fully saturated rings. The third-order valence-electron chi connectivity index (χ3n) is 2.52. The van der Waals surface area contributed by atoms with E-state index in [0.29, 0.717) is 5.82 Å². The number of hydrogen-bond acceptors (Lipinski definition) is 4. The average Bonchev–Trinajstić information content (AvgIpc) is 2.68. The van der Waals surface area contributed by atoms with Gasteiger partial charge >= 0.3 is 0 Å². The summed E-state index contributed by atoms with van der Waals surface area (Å²) in [6, 6.07) is 7.55. The average molecular weight is 225 g/mol. The molecule has 0 amide bonds. The zero-order valence-corrected chi connectivity index (χ0v) is 9.33. The molecule has 84 valence electrons. The van der Waals surface area contributed by atoms with Crippen LogP contribution in [0.4, 0.5) is 5.82 Å². The van der Waals surface area contributed by atoms with Gasteiger partial charge in [0, 0.05) is 11.8 Å². The summed E-state index contributed by atoms with van der Waals surface area (Å²) >= 11 is 0. The number of aromatic nitrogens is 4. The van der Waals surface area contributed by atoms with Crippen molar-refractivity contribution in [3.05, 3.63) is 42.4 Å². The number of anilines is 1. The normalized spacial score (nSPS) is 10.9. The first-order valence-electron chi connectivity index (χ1n) is 5.27. The van der Waals surface area contributed by atoms with Gasteiger partial charge in [-0.3, -0.25) is 0 Å². The van der Waals surface area contributed by atoms with Gasteiger partial charge in [-0.2, -0.15) is 5.10 Å². The Labute approximate surface area is 97.9 Å². The molecular formula is C12H11N5. The molecule has 0 atom stereocenters. The Balaban J connectivity index is 2.17. The standard InChI is InChI=1S/C12H11N5/c1-8-7-17-12(15-8)3-2-10(16-17)9-4-5-14-11(13)6-9/h2-7H,1H3,(H2,13,14). The number of pyridine rings is 1. The van der Waals surface area contributed by atoms with Gasteiger partial charge < -0.3 is 5.73 Å². The van der Waals surface area contributed by atoms with Crippen LogP contribution in [0.25, 0.3) is 16.9 Å². The van der Waals surface area contributed by atoms with Crippen LogP contribution in [0.1, 0.15) is 5.69 Å². The number of rotatable bonds is 1. The van der Waals surface area contributed by atoms with Crippen LogP contribution in [0.5, 0.6) is 0 Å². The first kappa shape index (κ1) is 9.77. The number of fused-ring (bicyclic) bond motifs is 1. The molecule has 3 aromatic rings. The lowest BCUT2D eigenvalue weighted by Gasteiger charge is -2.01. The fourth-order valence-electron chi connectivity index (χ4n) is 1.76. The minimum Gasteiger partial charge on any atom is -0.384 e. The summed E-state index contributed by atoms with van der Waals surface area (Å²) in [4.78, 5) is 8.29. The predicted molar refractivity (Wildman–Crippen MR) is 65.4 cm³/mol. The van der Waals surface area contributed by atoms with E-state index in [1.54, 1.807) is 16.8 Å². The van der Waals surface area contributed by atoms with Crippen LogP contribution in [0.15, 0.2) is 36.7 Å². The maximum Gasteiger partial charge on any atom is 0.153 e. The van der Waals surface area contributed by atoms with Gasteiger partial charge in [-0.1, -0.05) is 0 Å². The van der Waals surface area contributed by atoms with E-state index in [1.165, 1.54) is 0 Å². The van der Waals surface area contributed by atoms with Gasteiger partial charge in [0.15, 0.2) is 5.65 Å². The van der Waals surface area contributed by atoms with Gasteiger partial charge in [-0.05, 0) is 31.2 Å². The van der Waals surface area contributed by atoms with Crippen molar-refractivity contribution in [2.45, 2.75) is 6.92 Å². The van der Waals surface area contributed by atoms with Gasteiger partial charge in [0.05, 0.1) is 17.6 Å². The molecule has 0 spiro atoms. The van der Waals surface area contributed by atoms with Crippen LogP contribution in [0.3, 0.4) is 0 Å². The molecule has 0 aliphatic rings. The van der Waals surface area contributed by atoms with Gasteiger partial charge in [-0.15, -0.1) is 0 Å². The molecule has 0 unspecified atom stereocenters. The minimum absolute atomic E-state index is 0.492. The van der Waals surface area contributed by atoms with E-state index in [9.17, 15) is 0 Å². The van der Waals surface area contributed by atoms with Crippen molar-refractivity contribution in [2.24, 2.45) is 0 Å². The predicted octanol–water partition coefficient (Wildman–Crippen LogP) is 1.68. The van der Waals surface area contributed by atoms with Gasteiger partial charge in [0.2, 0.25) is 0 Å². The van der Waals surface area contributed by atoms with Crippen molar-refractivity contribution in [1.29, 1.82) is 0 Å². The molecule has 2 N–H and O–H groups in total. The van der Waals surface area contributed by atoms with Crippen LogP contribution in [0, 0.1) is 6.92 Å². The summed E-state index contributed by atoms with van der Waals surface area (Å²) < 4.78 is 1.77. The summed E-state index contributed by atoms with van der Waals surface area (Å²) in [7, 11) is 0. The lowest BCUT2D eigenvalue weighted by molar-refractivity contribution is 0.940. The molecule has 0 aliphatic carbocycles. The Morgan fingerprint density at radius 3 is 2.94 bits per heavy atom. The van der Waals surface area contributed by atoms with Crippen molar-refractivity contribution >= 4 is 11.5 Å². The zero-order valence-electron chi connectivity index (χ0n) is 9.33. The van der Waals surface area contributed by atoms with Crippen molar-refractivity contribution in [2.75, 3.05) is 5.73 Å². The molecule has 0 saturated carbocycles. The monoisotopic (exact) mass is 225 g/mol. The number of nitrogens with two attached hydrogens (primary N) is 1. The second kappa shape index (κ2) is 3.55. The van der Waals surface area contributed by atoms with Crippen LogP contribution in [0.2, 0.25) is 0 Å². The first-order valence-corrected chi connectivity index (χ1v) is 5.27. The number of imidazole rings is 1. The fourth-order valence-corrected chi connectivity index (χ4v) is 1.76. The van der Waals surface area contributed by atoms with E-state index in [2.05, 4.69) is 15.1 Å². The van der Waals surface area contributed by atoms with E-state index in [4.69, 9.17) is 5.73 Å². The Bertz CT molecular complexity index is 686. The van der Waals surface area contributed by atoms with E-state index < -0.39 is 0 Å². The Morgan fingerprint density at radius 2 is 2.12 bits per heavy atom. The highest BCUT2D eigenvalue weighted by Gasteiger charge is 2.03. The molecular weight excluding hydrogens is 214 g/mol. The highest BCUT2D eigenvalue weighted by Crippen LogP contribution is 2.18. The van der Waals surface area contributed by atoms with Crippen molar-refractivity contribution in [3.63, 3.8) is 0 Å². The third kappa shape index (κ3) is 1.71. The maximum atomic E-state index is 5.65. The molecule has 5 nitrogen and oxygen atoms in total. The minimum atomic E-state index is 0.492. The lowest BCUT2D eigenvalue weighted by Crippen LogP contribution is -1.95. The van der Waals surface area contributed by atoms with Gasteiger partial charge in [0.1, 0.15) is 5.82 Å². The number of aryl methyl sites for hydroxylation is 1. The molecule has 3 rings (SSSR count). The summed E-state index contributed by atoms with van der Waals surface area (Å²) in [6.45, 7) is 1.94. The topological polar surface area (TPSA) is 69.1 Å². The molecule has 3 aromatic heterocycles. The van der Waals surface area contributed by atoms with Crippen molar-refractivity contribution in [3.8, 4) is 11.3 Å². The largest absolute Gasteiger partial charge is 0.384 e. The van der Waals surface area contributed by atoms with Crippen LogP contribution >= 0.6 is 0 Å². The quantitative estimate of drug-likeness (QED) is 0.684. The summed E-state index contributed by atoms with van der Waals surface area (Å²) in [5.41, 5.74) is 9.24. The maximum absolute atomic E-state index is 5.65. The molecule has 0 aromatic carbocycles. The molecule has 5 heteroatoms. The summed E-state index contributed by atoms with van der Waals surface area (Å²) in [5, 5.41) is 4.48. The highest BCUT2D eigenvalue weighted by molar-refractivity contribution is 5.62. The number of hydrogen-bond donors (Lipinski definition) is 1. The lowest BCUT2D eigenvalue weighted by atomic mass is 10.2. The summed E-state index contributed by atoms with van der Waals surface area (Å²) in [6.07, 6.45) is 3.57. The molecule has 0 saturated heterocycles. The third-order valence-corrected chi connectivity index (χ3v) is 2.52. The molecule has 17 heavy (non-hydrogen) atoms. The number of nitrogens with zero attached hydrogens (tertiary/aromatic N) is 4. The summed E-state index contributed by atoms with van der Waals surface area (Å²) in [5.74, 6) is 0.492. The molecule has 0 aliphatic heterocycles. The van der Waals surface area contributed by atoms with Gasteiger partial charge in [-0.25, -0.2) is 14.5 Å². The van der Waals surface area contributed by atoms with E-state index in [-0.39, 0.29) is 0 Å². The van der Waals surface area contributed by atoms with Crippen LogP contribution in [-0.2, 0) is 0 Å². The molecule has 0 radical (unpaired) electrons. The smallest absolute Gasteiger partial charge is 0.153 e. The Kier molecular flexibility index (Phi) is 2.04. The number of nitrogen functional groups attached to an aromatic ring is 1. The second-order valence-electron chi connectivity index (χ2n) is 3.87. The van der Waals surface area contributed by atoms with E-state index in [1.807, 2.05) is 31.3 Å². The SMILES string of the molecule is Cc1cn2nc(-c3ccnc(N)c3)ccc2n1. The Morgan fingerprint density at radius 1 is 1.24 bits per heavy atom. The molecule has 3 heterocycles. The first-order chi connectivity index (χ1) is 8.22. The van der Waals surface area contributed by atoms with Crippen molar-refractivity contribution in [1.82, 2.24) is 19.6 Å². The van der Waals surface area contributed by atoms with Crippen molar-refractivity contribution < 1.29 is 0 Å². The molecule has 0 bridgehead atoms. The van der Waals surface area contributed by atoms with Crippen LogP contribution in [-0.4, -0.2) is 19.6 Å².